The molecule has 0 fully saturated rings. The summed E-state index contributed by atoms with van der Waals surface area (Å²) in [5.74, 6) is 0.821. The lowest BCUT2D eigenvalue weighted by atomic mass is 10.1. The Balaban J connectivity index is 1.77. The summed E-state index contributed by atoms with van der Waals surface area (Å²) in [6, 6.07) is 8.36. The van der Waals surface area contributed by atoms with Gasteiger partial charge in [-0.15, -0.1) is 0 Å². The van der Waals surface area contributed by atoms with Crippen LogP contribution in [0.2, 0.25) is 0 Å². The van der Waals surface area contributed by atoms with Gasteiger partial charge in [0.15, 0.2) is 5.96 Å². The average molecular weight is 285 g/mol. The highest BCUT2D eigenvalue weighted by molar-refractivity contribution is 5.79. The molecule has 112 valence electrons. The lowest BCUT2D eigenvalue weighted by molar-refractivity contribution is 0.764. The number of hydrogen-bond acceptors (Lipinski definition) is 2. The minimum absolute atomic E-state index is 0.777. The fraction of sp³-hybridized carbons (Fsp3) is 0.375. The Morgan fingerprint density at radius 2 is 2.10 bits per heavy atom. The first kappa shape index (κ1) is 15.1. The minimum atomic E-state index is 0.777. The molecule has 0 aliphatic carbocycles. The number of aromatic nitrogens is 2. The second-order valence-corrected chi connectivity index (χ2v) is 5.05. The van der Waals surface area contributed by atoms with E-state index >= 15 is 0 Å². The fourth-order valence-electron chi connectivity index (χ4n) is 2.13. The van der Waals surface area contributed by atoms with Crippen molar-refractivity contribution in [2.45, 2.75) is 19.9 Å². The quantitative estimate of drug-likeness (QED) is 0.648. The van der Waals surface area contributed by atoms with Crippen LogP contribution in [0.15, 0.2) is 41.7 Å². The molecule has 0 saturated carbocycles. The molecule has 0 bridgehead atoms. The molecule has 1 aromatic carbocycles. The Kier molecular flexibility index (Phi) is 5.37. The van der Waals surface area contributed by atoms with E-state index in [1.807, 2.05) is 24.1 Å². The third kappa shape index (κ3) is 4.63. The van der Waals surface area contributed by atoms with Crippen molar-refractivity contribution in [3.05, 3.63) is 53.3 Å². The summed E-state index contributed by atoms with van der Waals surface area (Å²) in [7, 11) is 3.72. The number of benzene rings is 1. The maximum atomic E-state index is 4.24. The van der Waals surface area contributed by atoms with Crippen molar-refractivity contribution >= 4 is 5.96 Å². The number of rotatable bonds is 5. The number of aryl methyl sites for hydroxylation is 2. The van der Waals surface area contributed by atoms with Crippen molar-refractivity contribution < 1.29 is 0 Å². The fourth-order valence-corrected chi connectivity index (χ4v) is 2.13. The van der Waals surface area contributed by atoms with E-state index in [2.05, 4.69) is 51.9 Å². The van der Waals surface area contributed by atoms with Gasteiger partial charge in [0, 0.05) is 33.4 Å². The van der Waals surface area contributed by atoms with Crippen molar-refractivity contribution in [3.63, 3.8) is 0 Å². The van der Waals surface area contributed by atoms with Gasteiger partial charge >= 0.3 is 0 Å². The Morgan fingerprint density at radius 3 is 2.76 bits per heavy atom. The Bertz CT molecular complexity index is 600. The zero-order chi connectivity index (χ0) is 15.1. The van der Waals surface area contributed by atoms with Gasteiger partial charge in [0.05, 0.1) is 6.20 Å². The third-order valence-corrected chi connectivity index (χ3v) is 3.40. The summed E-state index contributed by atoms with van der Waals surface area (Å²) in [5.41, 5.74) is 3.79. The summed E-state index contributed by atoms with van der Waals surface area (Å²) in [4.78, 5) is 4.24. The Labute approximate surface area is 126 Å². The van der Waals surface area contributed by atoms with Crippen molar-refractivity contribution in [1.82, 2.24) is 20.4 Å². The van der Waals surface area contributed by atoms with Gasteiger partial charge in [0.1, 0.15) is 0 Å². The molecule has 0 spiro atoms. The molecule has 0 radical (unpaired) electrons. The molecule has 0 aliphatic heterocycles. The highest BCUT2D eigenvalue weighted by atomic mass is 15.2. The van der Waals surface area contributed by atoms with Gasteiger partial charge in [-0.3, -0.25) is 9.67 Å². The molecule has 0 unspecified atom stereocenters. The van der Waals surface area contributed by atoms with Crippen molar-refractivity contribution in [1.29, 1.82) is 0 Å². The standard InChI is InChI=1S/C16H23N5/c1-13-6-4-5-7-15(13)11-19-16(17-2)18-9-8-14-10-20-21(3)12-14/h4-7,10,12H,8-9,11H2,1-3H3,(H2,17,18,19). The SMILES string of the molecule is CN=C(NCCc1cnn(C)c1)NCc1ccccc1C. The first-order valence-corrected chi connectivity index (χ1v) is 7.15. The van der Waals surface area contributed by atoms with Crippen molar-refractivity contribution in [2.75, 3.05) is 13.6 Å². The van der Waals surface area contributed by atoms with E-state index in [0.717, 1.165) is 25.5 Å². The van der Waals surface area contributed by atoms with Gasteiger partial charge in [0.2, 0.25) is 0 Å². The molecule has 1 aromatic heterocycles. The molecule has 0 atom stereocenters. The second kappa shape index (κ2) is 7.47. The van der Waals surface area contributed by atoms with Crippen LogP contribution in [0, 0.1) is 6.92 Å². The molecule has 0 saturated heterocycles. The van der Waals surface area contributed by atoms with Crippen LogP contribution in [0.1, 0.15) is 16.7 Å². The molecule has 2 rings (SSSR count). The van der Waals surface area contributed by atoms with E-state index < -0.39 is 0 Å². The number of nitrogens with zero attached hydrogens (tertiary/aromatic N) is 3. The zero-order valence-corrected chi connectivity index (χ0v) is 12.9. The second-order valence-electron chi connectivity index (χ2n) is 5.05. The van der Waals surface area contributed by atoms with Crippen molar-refractivity contribution in [3.8, 4) is 0 Å². The number of aliphatic imine (C=N–C) groups is 1. The monoisotopic (exact) mass is 285 g/mol. The molecule has 5 heteroatoms. The summed E-state index contributed by atoms with van der Waals surface area (Å²) < 4.78 is 1.82. The molecule has 2 N–H and O–H groups in total. The first-order valence-electron chi connectivity index (χ1n) is 7.15. The number of guanidine groups is 1. The Morgan fingerprint density at radius 1 is 1.29 bits per heavy atom. The third-order valence-electron chi connectivity index (χ3n) is 3.40. The molecule has 21 heavy (non-hydrogen) atoms. The minimum Gasteiger partial charge on any atom is -0.356 e. The summed E-state index contributed by atoms with van der Waals surface area (Å²) in [6.45, 7) is 3.73. The molecular weight excluding hydrogens is 262 g/mol. The van der Waals surface area contributed by atoms with E-state index in [4.69, 9.17) is 0 Å². The highest BCUT2D eigenvalue weighted by Gasteiger charge is 2.01. The van der Waals surface area contributed by atoms with Crippen molar-refractivity contribution in [2.24, 2.45) is 12.0 Å². The van der Waals surface area contributed by atoms with Crippen LogP contribution in [0.4, 0.5) is 0 Å². The average Bonchev–Trinajstić information content (AvgIpc) is 2.90. The number of nitrogens with one attached hydrogen (secondary N) is 2. The molecule has 5 nitrogen and oxygen atoms in total. The molecule has 1 heterocycles. The van der Waals surface area contributed by atoms with Gasteiger partial charge in [0.25, 0.3) is 0 Å². The van der Waals surface area contributed by atoms with Crippen LogP contribution in [-0.2, 0) is 20.0 Å². The van der Waals surface area contributed by atoms with E-state index in [9.17, 15) is 0 Å². The highest BCUT2D eigenvalue weighted by Crippen LogP contribution is 2.05. The van der Waals surface area contributed by atoms with Gasteiger partial charge in [-0.1, -0.05) is 24.3 Å². The predicted molar refractivity (Wildman–Crippen MR) is 86.3 cm³/mol. The summed E-state index contributed by atoms with van der Waals surface area (Å²) in [5, 5.41) is 10.8. The van der Waals surface area contributed by atoms with Crippen LogP contribution in [0.5, 0.6) is 0 Å². The van der Waals surface area contributed by atoms with Crippen LogP contribution < -0.4 is 10.6 Å². The zero-order valence-electron chi connectivity index (χ0n) is 12.9. The van der Waals surface area contributed by atoms with Crippen LogP contribution in [-0.4, -0.2) is 29.3 Å². The van der Waals surface area contributed by atoms with Gasteiger partial charge in [-0.05, 0) is 30.0 Å². The predicted octanol–water partition coefficient (Wildman–Crippen LogP) is 1.64. The van der Waals surface area contributed by atoms with Crippen LogP contribution in [0.25, 0.3) is 0 Å². The van der Waals surface area contributed by atoms with Gasteiger partial charge in [-0.25, -0.2) is 0 Å². The Hall–Kier alpha value is -2.30. The normalized spacial score (nSPS) is 11.5. The van der Waals surface area contributed by atoms with Crippen LogP contribution >= 0.6 is 0 Å². The van der Waals surface area contributed by atoms with Crippen LogP contribution in [0.3, 0.4) is 0 Å². The van der Waals surface area contributed by atoms with E-state index in [1.54, 1.807) is 7.05 Å². The van der Waals surface area contributed by atoms with E-state index in [-0.39, 0.29) is 0 Å². The maximum absolute atomic E-state index is 4.24. The summed E-state index contributed by atoms with van der Waals surface area (Å²) in [6.07, 6.45) is 4.86. The maximum Gasteiger partial charge on any atom is 0.191 e. The largest absolute Gasteiger partial charge is 0.356 e. The first-order chi connectivity index (χ1) is 10.2. The topological polar surface area (TPSA) is 54.2 Å². The van der Waals surface area contributed by atoms with Gasteiger partial charge < -0.3 is 10.6 Å². The molecule has 0 aliphatic rings. The van der Waals surface area contributed by atoms with Gasteiger partial charge in [-0.2, -0.15) is 5.10 Å². The smallest absolute Gasteiger partial charge is 0.191 e. The summed E-state index contributed by atoms with van der Waals surface area (Å²) >= 11 is 0. The molecular formula is C16H23N5. The lowest BCUT2D eigenvalue weighted by Crippen LogP contribution is -2.37. The van der Waals surface area contributed by atoms with E-state index in [0.29, 0.717) is 0 Å². The lowest BCUT2D eigenvalue weighted by Gasteiger charge is -2.12. The number of hydrogen-bond donors (Lipinski definition) is 2. The van der Waals surface area contributed by atoms with E-state index in [1.165, 1.54) is 16.7 Å². The molecule has 0 amide bonds. The molecule has 2 aromatic rings.